The molecule has 1 aliphatic rings. The van der Waals surface area contributed by atoms with Crippen LogP contribution in [-0.2, 0) is 4.79 Å². The third-order valence-corrected chi connectivity index (χ3v) is 3.62. The predicted octanol–water partition coefficient (Wildman–Crippen LogP) is 2.65. The van der Waals surface area contributed by atoms with Crippen molar-refractivity contribution in [1.29, 1.82) is 0 Å². The van der Waals surface area contributed by atoms with Gasteiger partial charge in [-0.15, -0.1) is 0 Å². The maximum absolute atomic E-state index is 13.8. The second-order valence-corrected chi connectivity index (χ2v) is 4.85. The average molecular weight is 285 g/mol. The van der Waals surface area contributed by atoms with E-state index in [-0.39, 0.29) is 12.1 Å². The molecule has 1 amide bonds. The van der Waals surface area contributed by atoms with Gasteiger partial charge in [-0.2, -0.15) is 0 Å². The molecule has 0 saturated heterocycles. The van der Waals surface area contributed by atoms with Gasteiger partial charge in [0.25, 0.3) is 5.91 Å². The molecule has 0 saturated carbocycles. The second kappa shape index (κ2) is 5.01. The van der Waals surface area contributed by atoms with Crippen LogP contribution in [0.4, 0.5) is 10.1 Å². The molecule has 0 bridgehead atoms. The van der Waals surface area contributed by atoms with Crippen LogP contribution < -0.4 is 4.90 Å². The number of para-hydroxylation sites is 1. The first-order valence-corrected chi connectivity index (χ1v) is 6.47. The van der Waals surface area contributed by atoms with Gasteiger partial charge in [0.05, 0.1) is 5.56 Å². The van der Waals surface area contributed by atoms with Crippen LogP contribution in [0.1, 0.15) is 21.8 Å². The Hall–Kier alpha value is -2.69. The summed E-state index contributed by atoms with van der Waals surface area (Å²) in [5, 5.41) is 9.27. The molecule has 4 nitrogen and oxygen atoms in total. The number of fused-ring (bicyclic) bond motifs is 1. The number of carboxylic acid groups (broad SMARTS) is 1. The van der Waals surface area contributed by atoms with E-state index in [9.17, 15) is 19.1 Å². The first-order chi connectivity index (χ1) is 10.1. The summed E-state index contributed by atoms with van der Waals surface area (Å²) in [5.41, 5.74) is 1.05. The Balaban J connectivity index is 2.03. The number of hydrogen-bond donors (Lipinski definition) is 1. The molecular formula is C16H12FNO3. The summed E-state index contributed by atoms with van der Waals surface area (Å²) in [6.07, 6.45) is 0. The van der Waals surface area contributed by atoms with Crippen molar-refractivity contribution in [3.63, 3.8) is 0 Å². The summed E-state index contributed by atoms with van der Waals surface area (Å²) in [7, 11) is 0. The van der Waals surface area contributed by atoms with Crippen molar-refractivity contribution in [2.24, 2.45) is 0 Å². The van der Waals surface area contributed by atoms with E-state index in [0.29, 0.717) is 11.3 Å². The van der Waals surface area contributed by atoms with E-state index in [4.69, 9.17) is 0 Å². The Bertz CT molecular complexity index is 729. The number of benzene rings is 2. The van der Waals surface area contributed by atoms with E-state index >= 15 is 0 Å². The van der Waals surface area contributed by atoms with Crippen LogP contribution in [-0.4, -0.2) is 23.5 Å². The normalized spacial score (nSPS) is 16.6. The van der Waals surface area contributed by atoms with Crippen molar-refractivity contribution >= 4 is 17.6 Å². The van der Waals surface area contributed by atoms with Crippen molar-refractivity contribution in [3.05, 3.63) is 65.5 Å². The Morgan fingerprint density at radius 2 is 1.76 bits per heavy atom. The van der Waals surface area contributed by atoms with Crippen LogP contribution in [0.15, 0.2) is 48.5 Å². The van der Waals surface area contributed by atoms with Crippen molar-refractivity contribution in [2.45, 2.75) is 5.92 Å². The summed E-state index contributed by atoms with van der Waals surface area (Å²) in [6, 6.07) is 12.5. The molecule has 1 heterocycles. The maximum atomic E-state index is 13.8. The molecule has 0 spiro atoms. The van der Waals surface area contributed by atoms with Crippen molar-refractivity contribution in [3.8, 4) is 0 Å². The number of amides is 1. The van der Waals surface area contributed by atoms with Gasteiger partial charge in [-0.1, -0.05) is 30.3 Å². The number of aliphatic carboxylic acids is 1. The molecule has 0 fully saturated rings. The third kappa shape index (κ3) is 2.16. The lowest BCUT2D eigenvalue weighted by Gasteiger charge is -2.17. The van der Waals surface area contributed by atoms with E-state index in [1.165, 1.54) is 23.1 Å². The minimum absolute atomic E-state index is 0.0157. The lowest BCUT2D eigenvalue weighted by molar-refractivity contribution is -0.138. The topological polar surface area (TPSA) is 57.6 Å². The molecule has 2 aromatic rings. The molecule has 1 aliphatic heterocycles. The Morgan fingerprint density at radius 1 is 1.10 bits per heavy atom. The standard InChI is InChI=1S/C16H12FNO3/c17-13-7-3-1-6-11(13)15(19)18-9-12(16(20)21)10-5-2-4-8-14(10)18/h1-8,12H,9H2,(H,20,21). The van der Waals surface area contributed by atoms with Gasteiger partial charge in [-0.05, 0) is 23.8 Å². The molecule has 1 N–H and O–H groups in total. The van der Waals surface area contributed by atoms with Crippen LogP contribution in [0.2, 0.25) is 0 Å². The van der Waals surface area contributed by atoms with Crippen LogP contribution in [0.25, 0.3) is 0 Å². The molecule has 0 aliphatic carbocycles. The summed E-state index contributed by atoms with van der Waals surface area (Å²) < 4.78 is 13.8. The molecule has 0 aromatic heterocycles. The fourth-order valence-corrected chi connectivity index (χ4v) is 2.59. The smallest absolute Gasteiger partial charge is 0.312 e. The zero-order valence-electron chi connectivity index (χ0n) is 11.0. The SMILES string of the molecule is O=C(O)C1CN(C(=O)c2ccccc2F)c2ccccc21. The van der Waals surface area contributed by atoms with Gasteiger partial charge < -0.3 is 10.0 Å². The van der Waals surface area contributed by atoms with E-state index in [0.717, 1.165) is 0 Å². The van der Waals surface area contributed by atoms with Crippen LogP contribution in [0.3, 0.4) is 0 Å². The number of carbonyl (C=O) groups excluding carboxylic acids is 1. The van der Waals surface area contributed by atoms with Crippen molar-refractivity contribution < 1.29 is 19.1 Å². The average Bonchev–Trinajstić information content (AvgIpc) is 2.87. The lowest BCUT2D eigenvalue weighted by atomic mass is 10.0. The largest absolute Gasteiger partial charge is 0.481 e. The van der Waals surface area contributed by atoms with Crippen LogP contribution in [0, 0.1) is 5.82 Å². The van der Waals surface area contributed by atoms with E-state index in [2.05, 4.69) is 0 Å². The fraction of sp³-hybridized carbons (Fsp3) is 0.125. The zero-order chi connectivity index (χ0) is 15.0. The molecular weight excluding hydrogens is 273 g/mol. The number of rotatable bonds is 2. The van der Waals surface area contributed by atoms with Gasteiger partial charge in [0.1, 0.15) is 11.7 Å². The van der Waals surface area contributed by atoms with Crippen LogP contribution in [0.5, 0.6) is 0 Å². The van der Waals surface area contributed by atoms with Crippen molar-refractivity contribution in [1.82, 2.24) is 0 Å². The summed E-state index contributed by atoms with van der Waals surface area (Å²) >= 11 is 0. The molecule has 3 rings (SSSR count). The van der Waals surface area contributed by atoms with E-state index in [1.54, 1.807) is 30.3 Å². The van der Waals surface area contributed by atoms with Gasteiger partial charge in [0.2, 0.25) is 0 Å². The molecule has 1 atom stereocenters. The highest BCUT2D eigenvalue weighted by Crippen LogP contribution is 2.37. The molecule has 0 radical (unpaired) electrons. The van der Waals surface area contributed by atoms with E-state index < -0.39 is 23.6 Å². The monoisotopic (exact) mass is 285 g/mol. The highest BCUT2D eigenvalue weighted by atomic mass is 19.1. The lowest BCUT2D eigenvalue weighted by Crippen LogP contribution is -2.31. The zero-order valence-corrected chi connectivity index (χ0v) is 11.0. The minimum Gasteiger partial charge on any atom is -0.481 e. The van der Waals surface area contributed by atoms with E-state index in [1.807, 2.05) is 0 Å². The third-order valence-electron chi connectivity index (χ3n) is 3.62. The minimum atomic E-state index is -0.994. The predicted molar refractivity (Wildman–Crippen MR) is 74.9 cm³/mol. The van der Waals surface area contributed by atoms with Gasteiger partial charge in [0, 0.05) is 12.2 Å². The Morgan fingerprint density at radius 3 is 2.48 bits per heavy atom. The Kier molecular flexibility index (Phi) is 3.17. The highest BCUT2D eigenvalue weighted by Gasteiger charge is 2.37. The van der Waals surface area contributed by atoms with Crippen molar-refractivity contribution in [2.75, 3.05) is 11.4 Å². The van der Waals surface area contributed by atoms with Gasteiger partial charge in [-0.3, -0.25) is 9.59 Å². The fourth-order valence-electron chi connectivity index (χ4n) is 2.59. The molecule has 5 heteroatoms. The summed E-state index contributed by atoms with van der Waals surface area (Å²) in [5.74, 6) is -2.91. The van der Waals surface area contributed by atoms with Crippen LogP contribution >= 0.6 is 0 Å². The van der Waals surface area contributed by atoms with Gasteiger partial charge in [-0.25, -0.2) is 4.39 Å². The van der Waals surface area contributed by atoms with Gasteiger partial charge >= 0.3 is 5.97 Å². The number of halogens is 1. The molecule has 21 heavy (non-hydrogen) atoms. The first kappa shape index (κ1) is 13.3. The highest BCUT2D eigenvalue weighted by molar-refractivity contribution is 6.08. The number of nitrogens with zero attached hydrogens (tertiary/aromatic N) is 1. The maximum Gasteiger partial charge on any atom is 0.312 e. The first-order valence-electron chi connectivity index (χ1n) is 6.47. The summed E-state index contributed by atoms with van der Waals surface area (Å²) in [6.45, 7) is 0.0157. The summed E-state index contributed by atoms with van der Waals surface area (Å²) in [4.78, 5) is 25.1. The molecule has 1 unspecified atom stereocenters. The quantitative estimate of drug-likeness (QED) is 0.922. The second-order valence-electron chi connectivity index (χ2n) is 4.85. The number of carbonyl (C=O) groups is 2. The molecule has 106 valence electrons. The Labute approximate surface area is 120 Å². The van der Waals surface area contributed by atoms with Gasteiger partial charge in [0.15, 0.2) is 0 Å². The number of anilines is 1. The number of hydrogen-bond acceptors (Lipinski definition) is 2. The molecule has 2 aromatic carbocycles. The number of carboxylic acids is 1.